The fourth-order valence-corrected chi connectivity index (χ4v) is 3.63. The molecule has 3 heterocycles. The lowest BCUT2D eigenvalue weighted by molar-refractivity contribution is -0.0380. The third-order valence-corrected chi connectivity index (χ3v) is 5.47. The van der Waals surface area contributed by atoms with Gasteiger partial charge in [-0.1, -0.05) is 47.1 Å². The zero-order valence-corrected chi connectivity index (χ0v) is 16.6. The summed E-state index contributed by atoms with van der Waals surface area (Å²) in [6.45, 7) is 3.84. The van der Waals surface area contributed by atoms with Gasteiger partial charge >= 0.3 is 0 Å². The van der Waals surface area contributed by atoms with Gasteiger partial charge in [0, 0.05) is 12.3 Å². The SMILES string of the molecule is Cc1ccc(C2(c3ccc(OCc4ccnc(-c5ccno5)n4)cc3)COC2)cc1. The highest BCUT2D eigenvalue weighted by Gasteiger charge is 2.41. The van der Waals surface area contributed by atoms with Crippen LogP contribution >= 0.6 is 0 Å². The second kappa shape index (κ2) is 7.72. The van der Waals surface area contributed by atoms with Gasteiger partial charge in [0.2, 0.25) is 5.76 Å². The summed E-state index contributed by atoms with van der Waals surface area (Å²) in [5, 5.41) is 3.69. The molecule has 1 aliphatic heterocycles. The molecule has 0 bridgehead atoms. The average molecular weight is 399 g/mol. The number of rotatable bonds is 6. The molecule has 0 saturated carbocycles. The first-order valence-electron chi connectivity index (χ1n) is 9.84. The molecule has 6 heteroatoms. The summed E-state index contributed by atoms with van der Waals surface area (Å²) < 4.78 is 16.6. The van der Waals surface area contributed by atoms with Crippen molar-refractivity contribution >= 4 is 0 Å². The van der Waals surface area contributed by atoms with Crippen LogP contribution in [0.25, 0.3) is 11.6 Å². The Hall–Kier alpha value is -3.51. The molecule has 1 aliphatic rings. The van der Waals surface area contributed by atoms with Gasteiger partial charge in [-0.15, -0.1) is 0 Å². The maximum atomic E-state index is 5.94. The first kappa shape index (κ1) is 18.5. The van der Waals surface area contributed by atoms with Crippen molar-refractivity contribution in [2.24, 2.45) is 0 Å². The van der Waals surface area contributed by atoms with Crippen molar-refractivity contribution < 1.29 is 14.0 Å². The standard InChI is InChI=1S/C24H21N3O3/c1-17-2-4-18(5-3-17)24(15-28-16-24)19-6-8-21(9-7-19)29-14-20-10-12-25-23(27-20)22-11-13-26-30-22/h2-13H,14-16H2,1H3. The third-order valence-electron chi connectivity index (χ3n) is 5.47. The highest BCUT2D eigenvalue weighted by molar-refractivity contribution is 5.45. The molecule has 1 fully saturated rings. The molecule has 0 atom stereocenters. The highest BCUT2D eigenvalue weighted by atomic mass is 16.5. The lowest BCUT2D eigenvalue weighted by Crippen LogP contribution is -2.47. The van der Waals surface area contributed by atoms with Crippen LogP contribution in [0.1, 0.15) is 22.4 Å². The van der Waals surface area contributed by atoms with Crippen LogP contribution in [0.4, 0.5) is 0 Å². The summed E-state index contributed by atoms with van der Waals surface area (Å²) in [6.07, 6.45) is 3.26. The Morgan fingerprint density at radius 2 is 1.63 bits per heavy atom. The first-order valence-corrected chi connectivity index (χ1v) is 9.84. The van der Waals surface area contributed by atoms with Crippen molar-refractivity contribution in [1.29, 1.82) is 0 Å². The number of benzene rings is 2. The van der Waals surface area contributed by atoms with E-state index in [0.29, 0.717) is 31.4 Å². The molecule has 0 spiro atoms. The monoisotopic (exact) mass is 399 g/mol. The number of aryl methyl sites for hydroxylation is 1. The number of ether oxygens (including phenoxy) is 2. The molecule has 30 heavy (non-hydrogen) atoms. The van der Waals surface area contributed by atoms with Gasteiger partial charge in [0.25, 0.3) is 0 Å². The highest BCUT2D eigenvalue weighted by Crippen LogP contribution is 2.39. The van der Waals surface area contributed by atoms with Gasteiger partial charge in [-0.2, -0.15) is 0 Å². The van der Waals surface area contributed by atoms with Crippen LogP contribution in [0.15, 0.2) is 77.6 Å². The van der Waals surface area contributed by atoms with Crippen molar-refractivity contribution in [3.8, 4) is 17.3 Å². The quantitative estimate of drug-likeness (QED) is 0.480. The molecule has 0 radical (unpaired) electrons. The normalized spacial score (nSPS) is 14.8. The van der Waals surface area contributed by atoms with Gasteiger partial charge in [-0.25, -0.2) is 9.97 Å². The van der Waals surface area contributed by atoms with Crippen molar-refractivity contribution in [2.75, 3.05) is 13.2 Å². The molecule has 2 aromatic heterocycles. The topological polar surface area (TPSA) is 70.3 Å². The van der Waals surface area contributed by atoms with Gasteiger partial charge < -0.3 is 14.0 Å². The van der Waals surface area contributed by atoms with E-state index in [1.54, 1.807) is 18.5 Å². The van der Waals surface area contributed by atoms with Crippen LogP contribution in [0.5, 0.6) is 5.75 Å². The minimum Gasteiger partial charge on any atom is -0.487 e. The summed E-state index contributed by atoms with van der Waals surface area (Å²) in [6, 6.07) is 20.5. The minimum atomic E-state index is -0.0785. The molecule has 4 aromatic rings. The molecule has 150 valence electrons. The Kier molecular flexibility index (Phi) is 4.77. The smallest absolute Gasteiger partial charge is 0.204 e. The maximum Gasteiger partial charge on any atom is 0.204 e. The largest absolute Gasteiger partial charge is 0.487 e. The summed E-state index contributed by atoms with van der Waals surface area (Å²) in [7, 11) is 0. The Morgan fingerprint density at radius 3 is 2.27 bits per heavy atom. The van der Waals surface area contributed by atoms with E-state index in [1.807, 2.05) is 18.2 Å². The number of aromatic nitrogens is 3. The average Bonchev–Trinajstić information content (AvgIpc) is 3.29. The molecule has 1 saturated heterocycles. The number of nitrogens with zero attached hydrogens (tertiary/aromatic N) is 3. The van der Waals surface area contributed by atoms with E-state index in [2.05, 4.69) is 58.4 Å². The maximum absolute atomic E-state index is 5.94. The van der Waals surface area contributed by atoms with Gasteiger partial charge in [-0.3, -0.25) is 0 Å². The summed E-state index contributed by atoms with van der Waals surface area (Å²) in [4.78, 5) is 8.68. The third kappa shape index (κ3) is 3.46. The van der Waals surface area contributed by atoms with Crippen LogP contribution < -0.4 is 4.74 Å². The van der Waals surface area contributed by atoms with Crippen LogP contribution in [0.2, 0.25) is 0 Å². The summed E-state index contributed by atoms with van der Waals surface area (Å²) in [5.41, 5.74) is 4.47. The van der Waals surface area contributed by atoms with Crippen molar-refractivity contribution in [1.82, 2.24) is 15.1 Å². The van der Waals surface area contributed by atoms with Crippen LogP contribution in [0, 0.1) is 6.92 Å². The van der Waals surface area contributed by atoms with E-state index in [4.69, 9.17) is 14.0 Å². The zero-order chi connectivity index (χ0) is 20.4. The van der Waals surface area contributed by atoms with Crippen molar-refractivity contribution in [2.45, 2.75) is 18.9 Å². The lowest BCUT2D eigenvalue weighted by Gasteiger charge is -2.42. The van der Waals surface area contributed by atoms with Crippen molar-refractivity contribution in [3.05, 3.63) is 95.4 Å². The van der Waals surface area contributed by atoms with E-state index in [0.717, 1.165) is 11.4 Å². The Bertz CT molecular complexity index is 1120. The predicted molar refractivity (Wildman–Crippen MR) is 111 cm³/mol. The number of hydrogen-bond donors (Lipinski definition) is 0. The molecule has 6 nitrogen and oxygen atoms in total. The Balaban J connectivity index is 1.30. The second-order valence-electron chi connectivity index (χ2n) is 7.50. The fourth-order valence-electron chi connectivity index (χ4n) is 3.63. The summed E-state index contributed by atoms with van der Waals surface area (Å²) in [5.74, 6) is 1.82. The van der Waals surface area contributed by atoms with Gasteiger partial charge in [-0.05, 0) is 36.2 Å². The molecule has 5 rings (SSSR count). The number of hydrogen-bond acceptors (Lipinski definition) is 6. The van der Waals surface area contributed by atoms with Gasteiger partial charge in [0.05, 0.1) is 30.5 Å². The van der Waals surface area contributed by atoms with E-state index < -0.39 is 0 Å². The first-order chi connectivity index (χ1) is 14.7. The predicted octanol–water partition coefficient (Wildman–Crippen LogP) is 4.34. The fraction of sp³-hybridized carbons (Fsp3) is 0.208. The Labute approximate surface area is 174 Å². The van der Waals surface area contributed by atoms with Gasteiger partial charge in [0.15, 0.2) is 5.82 Å². The molecule has 2 aromatic carbocycles. The molecule has 0 amide bonds. The van der Waals surface area contributed by atoms with Gasteiger partial charge in [0.1, 0.15) is 12.4 Å². The van der Waals surface area contributed by atoms with Crippen LogP contribution in [0.3, 0.4) is 0 Å². The van der Waals surface area contributed by atoms with Crippen LogP contribution in [-0.2, 0) is 16.8 Å². The zero-order valence-electron chi connectivity index (χ0n) is 16.6. The molecule has 0 N–H and O–H groups in total. The summed E-state index contributed by atoms with van der Waals surface area (Å²) >= 11 is 0. The Morgan fingerprint density at radius 1 is 0.900 bits per heavy atom. The van der Waals surface area contributed by atoms with E-state index >= 15 is 0 Å². The molecule has 0 unspecified atom stereocenters. The molecular formula is C24H21N3O3. The molecular weight excluding hydrogens is 378 g/mol. The van der Waals surface area contributed by atoms with Crippen molar-refractivity contribution in [3.63, 3.8) is 0 Å². The van der Waals surface area contributed by atoms with E-state index in [1.165, 1.54) is 16.7 Å². The minimum absolute atomic E-state index is 0.0785. The second-order valence-corrected chi connectivity index (χ2v) is 7.50. The van der Waals surface area contributed by atoms with E-state index in [-0.39, 0.29) is 5.41 Å². The van der Waals surface area contributed by atoms with Crippen LogP contribution in [-0.4, -0.2) is 28.3 Å². The van der Waals surface area contributed by atoms with E-state index in [9.17, 15) is 0 Å². The molecule has 0 aliphatic carbocycles. The lowest BCUT2D eigenvalue weighted by atomic mass is 9.73.